The van der Waals surface area contributed by atoms with E-state index in [9.17, 15) is 9.59 Å². The minimum atomic E-state index is -0.870. The third kappa shape index (κ3) is 19.0. The molecule has 0 heterocycles. The molecule has 0 saturated heterocycles. The fourth-order valence-electron chi connectivity index (χ4n) is 1.77. The summed E-state index contributed by atoms with van der Waals surface area (Å²) < 4.78 is 0. The van der Waals surface area contributed by atoms with E-state index in [0.29, 0.717) is 12.8 Å². The van der Waals surface area contributed by atoms with Crippen LogP contribution in [0.25, 0.3) is 0 Å². The summed E-state index contributed by atoms with van der Waals surface area (Å²) in [5, 5.41) is 16.3. The van der Waals surface area contributed by atoms with E-state index < -0.39 is 11.9 Å². The second kappa shape index (κ2) is 15.7. The van der Waals surface area contributed by atoms with Crippen LogP contribution >= 0.6 is 0 Å². The Hall–Kier alpha value is -1.32. The van der Waals surface area contributed by atoms with Gasteiger partial charge in [0.25, 0.3) is 0 Å². The van der Waals surface area contributed by atoms with Crippen molar-refractivity contribution in [3.8, 4) is 0 Å². The summed E-state index contributed by atoms with van der Waals surface area (Å²) in [4.78, 5) is 19.8. The maximum atomic E-state index is 9.90. The zero-order valence-corrected chi connectivity index (χ0v) is 12.9. The summed E-state index contributed by atoms with van der Waals surface area (Å²) in [7, 11) is 0. The Balaban J connectivity index is 0. The molecule has 2 N–H and O–H groups in total. The van der Waals surface area contributed by atoms with Gasteiger partial charge in [0, 0.05) is 12.8 Å². The maximum absolute atomic E-state index is 9.90. The first kappa shape index (κ1) is 21.0. The van der Waals surface area contributed by atoms with E-state index in [0.717, 1.165) is 5.92 Å². The first-order valence-corrected chi connectivity index (χ1v) is 7.52. The normalized spacial score (nSPS) is 11.1. The van der Waals surface area contributed by atoms with Gasteiger partial charge in [-0.2, -0.15) is 0 Å². The minimum Gasteiger partial charge on any atom is -0.481 e. The monoisotopic (exact) mass is 286 g/mol. The number of unbranched alkanes of at least 4 members (excludes halogenated alkanes) is 2. The summed E-state index contributed by atoms with van der Waals surface area (Å²) in [5.41, 5.74) is 0. The summed E-state index contributed by atoms with van der Waals surface area (Å²) in [6, 6.07) is 0. The van der Waals surface area contributed by atoms with Gasteiger partial charge in [-0.05, 0) is 25.2 Å². The van der Waals surface area contributed by atoms with Crippen LogP contribution in [-0.4, -0.2) is 22.2 Å². The van der Waals surface area contributed by atoms with Crippen LogP contribution in [0.4, 0.5) is 0 Å². The van der Waals surface area contributed by atoms with Crippen molar-refractivity contribution < 1.29 is 19.8 Å². The molecular weight excluding hydrogens is 256 g/mol. The Labute approximate surface area is 122 Å². The van der Waals surface area contributed by atoms with Crippen molar-refractivity contribution in [2.75, 3.05) is 0 Å². The lowest BCUT2D eigenvalue weighted by Crippen LogP contribution is -1.97. The highest BCUT2D eigenvalue weighted by molar-refractivity contribution is 5.67. The molecule has 118 valence electrons. The molecule has 0 amide bonds. The van der Waals surface area contributed by atoms with E-state index >= 15 is 0 Å². The van der Waals surface area contributed by atoms with E-state index in [1.165, 1.54) is 32.1 Å². The Kier molecular flexibility index (Phi) is 16.5. The fourth-order valence-corrected chi connectivity index (χ4v) is 1.77. The summed E-state index contributed by atoms with van der Waals surface area (Å²) >= 11 is 0. The van der Waals surface area contributed by atoms with Crippen LogP contribution in [-0.2, 0) is 9.59 Å². The van der Waals surface area contributed by atoms with Crippen LogP contribution in [0.5, 0.6) is 0 Å². The van der Waals surface area contributed by atoms with E-state index in [1.807, 2.05) is 6.08 Å². The first-order chi connectivity index (χ1) is 9.47. The second-order valence-corrected chi connectivity index (χ2v) is 4.94. The molecule has 0 saturated carbocycles. The number of hydrogen-bond acceptors (Lipinski definition) is 2. The summed E-state index contributed by atoms with van der Waals surface area (Å²) in [6.07, 6.45) is 9.68. The van der Waals surface area contributed by atoms with Gasteiger partial charge in [0.1, 0.15) is 0 Å². The molecule has 0 aliphatic heterocycles. The van der Waals surface area contributed by atoms with Crippen molar-refractivity contribution in [1.29, 1.82) is 0 Å². The van der Waals surface area contributed by atoms with Gasteiger partial charge in [0.2, 0.25) is 0 Å². The third-order valence-corrected chi connectivity index (χ3v) is 3.07. The second-order valence-electron chi connectivity index (χ2n) is 4.94. The molecule has 20 heavy (non-hydrogen) atoms. The predicted molar refractivity (Wildman–Crippen MR) is 81.9 cm³/mol. The molecule has 0 bridgehead atoms. The number of rotatable bonds is 11. The van der Waals surface area contributed by atoms with Crippen LogP contribution in [0.2, 0.25) is 0 Å². The van der Waals surface area contributed by atoms with E-state index in [1.54, 1.807) is 0 Å². The number of carboxylic acids is 2. The molecule has 4 nitrogen and oxygen atoms in total. The van der Waals surface area contributed by atoms with E-state index in [-0.39, 0.29) is 12.8 Å². The van der Waals surface area contributed by atoms with Crippen LogP contribution in [0.15, 0.2) is 12.7 Å². The highest BCUT2D eigenvalue weighted by Gasteiger charge is 2.01. The van der Waals surface area contributed by atoms with Gasteiger partial charge >= 0.3 is 11.9 Å². The molecule has 0 aliphatic carbocycles. The van der Waals surface area contributed by atoms with E-state index in [2.05, 4.69) is 20.4 Å². The molecular formula is C16H30O4. The lowest BCUT2D eigenvalue weighted by Gasteiger charge is -2.10. The molecule has 0 aromatic heterocycles. The molecule has 0 fully saturated rings. The zero-order valence-electron chi connectivity index (χ0n) is 12.9. The Morgan fingerprint density at radius 1 is 1.05 bits per heavy atom. The molecule has 0 aromatic carbocycles. The number of carboxylic acid groups (broad SMARTS) is 2. The van der Waals surface area contributed by atoms with Crippen molar-refractivity contribution in [2.24, 2.45) is 5.92 Å². The smallest absolute Gasteiger partial charge is 0.303 e. The third-order valence-electron chi connectivity index (χ3n) is 3.07. The van der Waals surface area contributed by atoms with Gasteiger partial charge in [-0.15, -0.1) is 6.58 Å². The summed E-state index contributed by atoms with van der Waals surface area (Å²) in [6.45, 7) is 8.27. The van der Waals surface area contributed by atoms with Gasteiger partial charge in [-0.1, -0.05) is 45.6 Å². The van der Waals surface area contributed by atoms with Gasteiger partial charge < -0.3 is 10.2 Å². The van der Waals surface area contributed by atoms with Crippen LogP contribution in [0, 0.1) is 5.92 Å². The van der Waals surface area contributed by atoms with Crippen LogP contribution in [0.1, 0.15) is 71.6 Å². The molecule has 0 radical (unpaired) electrons. The average Bonchev–Trinajstić information content (AvgIpc) is 2.40. The lowest BCUT2D eigenvalue weighted by molar-refractivity contribution is -0.139. The highest BCUT2D eigenvalue weighted by atomic mass is 16.4. The van der Waals surface area contributed by atoms with Gasteiger partial charge in [0.15, 0.2) is 0 Å². The summed E-state index contributed by atoms with van der Waals surface area (Å²) in [5.74, 6) is -0.840. The fraction of sp³-hybridized carbons (Fsp3) is 0.750. The first-order valence-electron chi connectivity index (χ1n) is 7.52. The molecule has 0 aliphatic rings. The van der Waals surface area contributed by atoms with Gasteiger partial charge in [-0.25, -0.2) is 0 Å². The zero-order chi connectivity index (χ0) is 15.8. The number of hydrogen-bond donors (Lipinski definition) is 2. The van der Waals surface area contributed by atoms with Gasteiger partial charge in [-0.3, -0.25) is 9.59 Å². The molecule has 0 rings (SSSR count). The van der Waals surface area contributed by atoms with E-state index in [4.69, 9.17) is 10.2 Å². The topological polar surface area (TPSA) is 74.6 Å². The predicted octanol–water partition coefficient (Wildman–Crippen LogP) is 4.49. The van der Waals surface area contributed by atoms with Crippen LogP contribution in [0.3, 0.4) is 0 Å². The van der Waals surface area contributed by atoms with Gasteiger partial charge in [0.05, 0.1) is 0 Å². The lowest BCUT2D eigenvalue weighted by atomic mass is 9.96. The van der Waals surface area contributed by atoms with Crippen molar-refractivity contribution in [2.45, 2.75) is 71.6 Å². The van der Waals surface area contributed by atoms with Crippen molar-refractivity contribution >= 4 is 11.9 Å². The molecule has 1 unspecified atom stereocenters. The van der Waals surface area contributed by atoms with Crippen molar-refractivity contribution in [3.05, 3.63) is 12.7 Å². The van der Waals surface area contributed by atoms with Crippen LogP contribution < -0.4 is 0 Å². The number of carbonyl (C=O) groups is 2. The Morgan fingerprint density at radius 2 is 1.55 bits per heavy atom. The molecule has 0 aromatic rings. The number of allylic oxidation sites excluding steroid dienone is 1. The molecule has 4 heteroatoms. The largest absolute Gasteiger partial charge is 0.481 e. The van der Waals surface area contributed by atoms with Crippen molar-refractivity contribution in [1.82, 2.24) is 0 Å². The SMILES string of the molecule is C=CCC(CC)CCCC.O=C(O)CCCCC(=O)O. The minimum absolute atomic E-state index is 0.0628. The average molecular weight is 286 g/mol. The maximum Gasteiger partial charge on any atom is 0.303 e. The highest BCUT2D eigenvalue weighted by Crippen LogP contribution is 2.16. The standard InChI is InChI=1S/C10H20.C6H10O4/c1-4-7-9-10(6-3)8-5-2;7-5(8)3-1-2-4-6(9)10/h5,10H,2,4,6-9H2,1,3H3;1-4H2,(H,7,8)(H,9,10). The Morgan fingerprint density at radius 3 is 1.85 bits per heavy atom. The molecule has 1 atom stereocenters. The molecule has 0 spiro atoms. The quantitative estimate of drug-likeness (QED) is 0.433. The van der Waals surface area contributed by atoms with Crippen molar-refractivity contribution in [3.63, 3.8) is 0 Å². The Bertz CT molecular complexity index is 245. The number of aliphatic carboxylic acids is 2.